The zero-order valence-electron chi connectivity index (χ0n) is 13.2. The smallest absolute Gasteiger partial charge is 0.111 e. The quantitative estimate of drug-likeness (QED) is 0.760. The van der Waals surface area contributed by atoms with Crippen molar-refractivity contribution >= 4 is 0 Å². The lowest BCUT2D eigenvalue weighted by Gasteiger charge is -2.30. The summed E-state index contributed by atoms with van der Waals surface area (Å²) in [5.41, 5.74) is 4.19. The van der Waals surface area contributed by atoms with Gasteiger partial charge in [0.05, 0.1) is 24.3 Å². The van der Waals surface area contributed by atoms with Crippen LogP contribution in [0.5, 0.6) is 0 Å². The van der Waals surface area contributed by atoms with Crippen molar-refractivity contribution < 1.29 is 4.39 Å². The Morgan fingerprint density at radius 3 is 2.91 bits per heavy atom. The van der Waals surface area contributed by atoms with Gasteiger partial charge in [-0.3, -0.25) is 0 Å². The van der Waals surface area contributed by atoms with Crippen molar-refractivity contribution in [2.24, 2.45) is 0 Å². The summed E-state index contributed by atoms with van der Waals surface area (Å²) in [6.07, 6.45) is 10.2. The molecule has 2 aliphatic rings. The summed E-state index contributed by atoms with van der Waals surface area (Å²) in [5.74, 6) is 0. The molecular formula is C19H23FN2. The van der Waals surface area contributed by atoms with Crippen LogP contribution in [0.4, 0.5) is 4.39 Å². The minimum absolute atomic E-state index is 0.252. The number of aromatic nitrogens is 2. The Labute approximate surface area is 131 Å². The highest BCUT2D eigenvalue weighted by atomic mass is 19.1. The van der Waals surface area contributed by atoms with Gasteiger partial charge in [-0.1, -0.05) is 37.5 Å². The van der Waals surface area contributed by atoms with Crippen molar-refractivity contribution in [1.82, 2.24) is 9.55 Å². The molecule has 1 aliphatic carbocycles. The minimum atomic E-state index is -0.939. The number of benzene rings is 1. The summed E-state index contributed by atoms with van der Waals surface area (Å²) in [7, 11) is 0. The number of imidazole rings is 1. The highest BCUT2D eigenvalue weighted by Crippen LogP contribution is 2.45. The van der Waals surface area contributed by atoms with Crippen LogP contribution in [0.3, 0.4) is 0 Å². The van der Waals surface area contributed by atoms with Gasteiger partial charge in [0.15, 0.2) is 0 Å². The Bertz CT molecular complexity index is 682. The van der Waals surface area contributed by atoms with Crippen molar-refractivity contribution in [1.29, 1.82) is 0 Å². The molecule has 1 fully saturated rings. The van der Waals surface area contributed by atoms with E-state index in [1.165, 1.54) is 28.8 Å². The minimum Gasteiger partial charge on any atom is -0.323 e. The lowest BCUT2D eigenvalue weighted by atomic mass is 9.81. The van der Waals surface area contributed by atoms with Crippen molar-refractivity contribution in [3.05, 3.63) is 41.9 Å². The number of rotatable bonds is 3. The van der Waals surface area contributed by atoms with E-state index in [1.54, 1.807) is 0 Å². The van der Waals surface area contributed by atoms with Crippen LogP contribution in [0.2, 0.25) is 0 Å². The predicted molar refractivity (Wildman–Crippen MR) is 86.7 cm³/mol. The van der Waals surface area contributed by atoms with Gasteiger partial charge in [0.25, 0.3) is 0 Å². The Morgan fingerprint density at radius 2 is 2.09 bits per heavy atom. The van der Waals surface area contributed by atoms with E-state index in [0.717, 1.165) is 32.1 Å². The molecule has 0 bridgehead atoms. The third-order valence-electron chi connectivity index (χ3n) is 5.54. The normalized spacial score (nSPS) is 22.4. The first kappa shape index (κ1) is 14.0. The first-order chi connectivity index (χ1) is 10.7. The molecule has 22 heavy (non-hydrogen) atoms. The van der Waals surface area contributed by atoms with E-state index in [9.17, 15) is 4.39 Å². The third kappa shape index (κ3) is 2.18. The molecule has 3 heteroatoms. The van der Waals surface area contributed by atoms with Gasteiger partial charge in [0.1, 0.15) is 5.67 Å². The van der Waals surface area contributed by atoms with E-state index >= 15 is 0 Å². The number of hydrogen-bond donors (Lipinski definition) is 0. The van der Waals surface area contributed by atoms with Gasteiger partial charge in [-0.05, 0) is 43.7 Å². The maximum atomic E-state index is 15.0. The molecule has 1 unspecified atom stereocenters. The molecule has 0 saturated heterocycles. The Kier molecular flexibility index (Phi) is 3.32. The first-order valence-electron chi connectivity index (χ1n) is 8.49. The summed E-state index contributed by atoms with van der Waals surface area (Å²) in [6.45, 7) is 2.15. The molecule has 4 rings (SSSR count). The molecule has 1 aromatic heterocycles. The number of fused-ring (bicyclic) bond motifs is 3. The molecule has 2 heterocycles. The molecule has 0 N–H and O–H groups in total. The molecule has 0 radical (unpaired) electrons. The summed E-state index contributed by atoms with van der Waals surface area (Å²) in [4.78, 5) is 4.32. The zero-order valence-corrected chi connectivity index (χ0v) is 13.2. The summed E-state index contributed by atoms with van der Waals surface area (Å²) < 4.78 is 17.2. The largest absolute Gasteiger partial charge is 0.323 e. The highest BCUT2D eigenvalue weighted by Gasteiger charge is 2.35. The van der Waals surface area contributed by atoms with E-state index in [1.807, 2.05) is 12.5 Å². The van der Waals surface area contributed by atoms with Crippen molar-refractivity contribution in [2.75, 3.05) is 0 Å². The fraction of sp³-hybridized carbons (Fsp3) is 0.526. The van der Waals surface area contributed by atoms with E-state index in [4.69, 9.17) is 0 Å². The molecule has 116 valence electrons. The van der Waals surface area contributed by atoms with Crippen LogP contribution in [-0.4, -0.2) is 15.2 Å². The van der Waals surface area contributed by atoms with Gasteiger partial charge in [-0.25, -0.2) is 9.37 Å². The number of hydrogen-bond acceptors (Lipinski definition) is 1. The maximum Gasteiger partial charge on any atom is 0.111 e. The molecule has 1 saturated carbocycles. The topological polar surface area (TPSA) is 17.8 Å². The summed E-state index contributed by atoms with van der Waals surface area (Å²) >= 11 is 0. The standard InChI is InChI=1S/C19H23FN2/c1-14-6-5-7-15-16(22-13-21-12-17(22)18(14)15)8-11-19(20)9-3-2-4-10-19/h5-7,12-13,16H,2-4,8-11H2,1H3. The lowest BCUT2D eigenvalue weighted by Crippen LogP contribution is -2.27. The van der Waals surface area contributed by atoms with Crippen molar-refractivity contribution in [3.8, 4) is 11.3 Å². The molecule has 1 atom stereocenters. The van der Waals surface area contributed by atoms with Crippen LogP contribution in [-0.2, 0) is 0 Å². The van der Waals surface area contributed by atoms with Gasteiger partial charge < -0.3 is 4.57 Å². The fourth-order valence-electron chi connectivity index (χ4n) is 4.34. The molecular weight excluding hydrogens is 275 g/mol. The van der Waals surface area contributed by atoms with Gasteiger partial charge in [-0.2, -0.15) is 0 Å². The van der Waals surface area contributed by atoms with Crippen LogP contribution in [0, 0.1) is 6.92 Å². The second-order valence-electron chi connectivity index (χ2n) is 6.99. The average molecular weight is 298 g/mol. The van der Waals surface area contributed by atoms with Gasteiger partial charge in [0, 0.05) is 5.56 Å². The molecule has 2 nitrogen and oxygen atoms in total. The summed E-state index contributed by atoms with van der Waals surface area (Å²) in [5, 5.41) is 0. The predicted octanol–water partition coefficient (Wildman–Crippen LogP) is 5.21. The van der Waals surface area contributed by atoms with E-state index < -0.39 is 5.67 Å². The van der Waals surface area contributed by atoms with Crippen LogP contribution >= 0.6 is 0 Å². The van der Waals surface area contributed by atoms with E-state index in [2.05, 4.69) is 34.7 Å². The van der Waals surface area contributed by atoms with Gasteiger partial charge in [-0.15, -0.1) is 0 Å². The first-order valence-corrected chi connectivity index (χ1v) is 8.49. The average Bonchev–Trinajstić information content (AvgIpc) is 3.07. The third-order valence-corrected chi connectivity index (χ3v) is 5.54. The Hall–Kier alpha value is -1.64. The number of alkyl halides is 1. The van der Waals surface area contributed by atoms with E-state index in [-0.39, 0.29) is 6.04 Å². The Balaban J connectivity index is 1.62. The molecule has 0 amide bonds. The number of aryl methyl sites for hydroxylation is 1. The number of nitrogens with zero attached hydrogens (tertiary/aromatic N) is 2. The lowest BCUT2D eigenvalue weighted by molar-refractivity contribution is 0.0903. The van der Waals surface area contributed by atoms with Gasteiger partial charge >= 0.3 is 0 Å². The zero-order chi connectivity index (χ0) is 15.2. The molecule has 2 aromatic rings. The summed E-state index contributed by atoms with van der Waals surface area (Å²) in [6, 6.07) is 6.72. The fourth-order valence-corrected chi connectivity index (χ4v) is 4.34. The Morgan fingerprint density at radius 1 is 1.27 bits per heavy atom. The van der Waals surface area contributed by atoms with Crippen LogP contribution in [0.1, 0.15) is 62.1 Å². The highest BCUT2D eigenvalue weighted by molar-refractivity contribution is 5.72. The monoisotopic (exact) mass is 298 g/mol. The maximum absolute atomic E-state index is 15.0. The van der Waals surface area contributed by atoms with Gasteiger partial charge in [0.2, 0.25) is 0 Å². The van der Waals surface area contributed by atoms with Crippen LogP contribution in [0.15, 0.2) is 30.7 Å². The second kappa shape index (κ2) is 5.22. The van der Waals surface area contributed by atoms with Crippen molar-refractivity contribution in [3.63, 3.8) is 0 Å². The van der Waals surface area contributed by atoms with E-state index in [0.29, 0.717) is 6.42 Å². The second-order valence-corrected chi connectivity index (χ2v) is 6.99. The molecule has 1 aliphatic heterocycles. The molecule has 1 aromatic carbocycles. The van der Waals surface area contributed by atoms with Crippen LogP contribution < -0.4 is 0 Å². The van der Waals surface area contributed by atoms with Crippen molar-refractivity contribution in [2.45, 2.75) is 63.6 Å². The molecule has 0 spiro atoms. The number of halogens is 1. The SMILES string of the molecule is Cc1cccc2c1-c1cncn1C2CCC1(F)CCCCC1. The van der Waals surface area contributed by atoms with Crippen LogP contribution in [0.25, 0.3) is 11.3 Å².